The molecule has 2 heterocycles. The van der Waals surface area contributed by atoms with E-state index in [2.05, 4.69) is 16.0 Å². The summed E-state index contributed by atoms with van der Waals surface area (Å²) in [7, 11) is 0. The minimum Gasteiger partial charge on any atom is -0.481 e. The molecule has 3 rings (SSSR count). The van der Waals surface area contributed by atoms with Crippen molar-refractivity contribution in [2.24, 2.45) is 0 Å². The van der Waals surface area contributed by atoms with Gasteiger partial charge in [0.05, 0.1) is 23.2 Å². The number of amides is 5. The number of halogens is 1. The summed E-state index contributed by atoms with van der Waals surface area (Å²) >= 11 is 6.14. The summed E-state index contributed by atoms with van der Waals surface area (Å²) < 4.78 is 0. The van der Waals surface area contributed by atoms with Gasteiger partial charge in [0, 0.05) is 25.5 Å². The van der Waals surface area contributed by atoms with Gasteiger partial charge in [-0.1, -0.05) is 11.6 Å². The number of hydrogen-bond donors (Lipinski definition) is 4. The molecule has 2 aliphatic heterocycles. The molecule has 198 valence electrons. The average Bonchev–Trinajstić information content (AvgIpc) is 2.96. The van der Waals surface area contributed by atoms with Crippen molar-refractivity contribution < 1.29 is 38.7 Å². The topological polar surface area (TPSA) is 182 Å². The standard InChI is InChI=1S/C23H26ClN5O8/c1-12(31)25-16-5-4-13(9-15(16)24)21(35)27-17-6-7-19(32)28-8-2-3-18(29(28)23(17)37)22(36)26-14(11-30)10-20(33)34/h4-5,9,11,14,17-18H,2-3,6-8,10H2,1H3,(H,25,31)(H,26,36)(H,27,35)(H,33,34)/t14-,17?,18-/m0/s1. The van der Waals surface area contributed by atoms with Gasteiger partial charge in [-0.2, -0.15) is 0 Å². The second kappa shape index (κ2) is 11.8. The van der Waals surface area contributed by atoms with Crippen LogP contribution in [0.5, 0.6) is 0 Å². The predicted octanol–water partition coefficient (Wildman–Crippen LogP) is 0.0836. The lowest BCUT2D eigenvalue weighted by atomic mass is 10.0. The van der Waals surface area contributed by atoms with Gasteiger partial charge in [0.15, 0.2) is 0 Å². The summed E-state index contributed by atoms with van der Waals surface area (Å²) in [6.45, 7) is 1.49. The zero-order valence-electron chi connectivity index (χ0n) is 19.9. The lowest BCUT2D eigenvalue weighted by Gasteiger charge is -2.43. The molecular formula is C23H26ClN5O8. The molecule has 1 aromatic rings. The molecule has 14 heteroatoms. The first-order valence-electron chi connectivity index (χ1n) is 11.5. The highest BCUT2D eigenvalue weighted by Crippen LogP contribution is 2.26. The molecule has 2 saturated heterocycles. The number of hydrogen-bond acceptors (Lipinski definition) is 7. The Morgan fingerprint density at radius 1 is 1.22 bits per heavy atom. The Labute approximate surface area is 216 Å². The Kier molecular flexibility index (Phi) is 8.81. The molecule has 5 amide bonds. The largest absolute Gasteiger partial charge is 0.481 e. The number of rotatable bonds is 8. The van der Waals surface area contributed by atoms with Crippen molar-refractivity contribution in [3.05, 3.63) is 28.8 Å². The van der Waals surface area contributed by atoms with Crippen LogP contribution in [0.2, 0.25) is 5.02 Å². The summed E-state index contributed by atoms with van der Waals surface area (Å²) in [6.07, 6.45) is 0.126. The van der Waals surface area contributed by atoms with Gasteiger partial charge >= 0.3 is 5.97 Å². The van der Waals surface area contributed by atoms with E-state index in [0.29, 0.717) is 12.1 Å². The fourth-order valence-corrected chi connectivity index (χ4v) is 4.42. The van der Waals surface area contributed by atoms with Crippen molar-refractivity contribution in [1.82, 2.24) is 20.7 Å². The summed E-state index contributed by atoms with van der Waals surface area (Å²) in [6, 6.07) is 0.531. The van der Waals surface area contributed by atoms with Crippen LogP contribution in [0, 0.1) is 0 Å². The normalized spacial score (nSPS) is 20.3. The van der Waals surface area contributed by atoms with E-state index in [1.54, 1.807) is 0 Å². The van der Waals surface area contributed by atoms with E-state index in [1.807, 2.05) is 0 Å². The number of anilines is 1. The molecule has 0 aliphatic carbocycles. The number of fused-ring (bicyclic) bond motifs is 1. The highest BCUT2D eigenvalue weighted by atomic mass is 35.5. The van der Waals surface area contributed by atoms with Gasteiger partial charge in [0.25, 0.3) is 11.8 Å². The minimum absolute atomic E-state index is 0.0154. The van der Waals surface area contributed by atoms with Crippen LogP contribution in [0.3, 0.4) is 0 Å². The summed E-state index contributed by atoms with van der Waals surface area (Å²) in [5.41, 5.74) is 0.408. The van der Waals surface area contributed by atoms with Crippen LogP contribution in [0.4, 0.5) is 5.69 Å². The molecule has 3 atom stereocenters. The van der Waals surface area contributed by atoms with Crippen LogP contribution >= 0.6 is 11.6 Å². The maximum atomic E-state index is 13.5. The van der Waals surface area contributed by atoms with Gasteiger partial charge in [-0.3, -0.25) is 33.8 Å². The minimum atomic E-state index is -1.31. The molecule has 0 radical (unpaired) electrons. The van der Waals surface area contributed by atoms with Crippen molar-refractivity contribution >= 4 is 59.1 Å². The average molecular weight is 536 g/mol. The summed E-state index contributed by atoms with van der Waals surface area (Å²) in [4.78, 5) is 85.5. The molecule has 2 aliphatic rings. The number of nitrogens with one attached hydrogen (secondary N) is 3. The fourth-order valence-electron chi connectivity index (χ4n) is 4.20. The maximum absolute atomic E-state index is 13.5. The van der Waals surface area contributed by atoms with E-state index in [1.165, 1.54) is 25.1 Å². The second-order valence-corrected chi connectivity index (χ2v) is 9.05. The Morgan fingerprint density at radius 3 is 2.57 bits per heavy atom. The van der Waals surface area contributed by atoms with Crippen molar-refractivity contribution in [3.8, 4) is 0 Å². The number of nitrogens with zero attached hydrogens (tertiary/aromatic N) is 2. The van der Waals surface area contributed by atoms with Gasteiger partial charge in [-0.25, -0.2) is 5.01 Å². The van der Waals surface area contributed by atoms with E-state index < -0.39 is 54.1 Å². The lowest BCUT2D eigenvalue weighted by Crippen LogP contribution is -2.64. The number of aldehydes is 1. The zero-order valence-corrected chi connectivity index (χ0v) is 20.6. The van der Waals surface area contributed by atoms with E-state index in [-0.39, 0.29) is 48.6 Å². The van der Waals surface area contributed by atoms with Gasteiger partial charge in [0.1, 0.15) is 18.4 Å². The molecule has 4 N–H and O–H groups in total. The number of benzene rings is 1. The van der Waals surface area contributed by atoms with Crippen molar-refractivity contribution in [2.75, 3.05) is 11.9 Å². The van der Waals surface area contributed by atoms with Crippen LogP contribution < -0.4 is 16.0 Å². The molecule has 2 fully saturated rings. The molecule has 1 aromatic carbocycles. The summed E-state index contributed by atoms with van der Waals surface area (Å²) in [5.74, 6) is -4.19. The third kappa shape index (κ3) is 6.61. The van der Waals surface area contributed by atoms with E-state index in [4.69, 9.17) is 16.7 Å². The van der Waals surface area contributed by atoms with Gasteiger partial charge in [-0.15, -0.1) is 0 Å². The Morgan fingerprint density at radius 2 is 1.95 bits per heavy atom. The van der Waals surface area contributed by atoms with E-state index in [0.717, 1.165) is 10.0 Å². The SMILES string of the molecule is CC(=O)Nc1ccc(C(=O)NC2CCC(=O)N3CCC[C@@H](C(=O)N[C@H](C=O)CC(=O)O)N3C2=O)cc1Cl. The third-order valence-corrected chi connectivity index (χ3v) is 6.21. The highest BCUT2D eigenvalue weighted by molar-refractivity contribution is 6.34. The monoisotopic (exact) mass is 535 g/mol. The molecule has 0 aromatic heterocycles. The number of carbonyl (C=O) groups excluding carboxylic acids is 6. The summed E-state index contributed by atoms with van der Waals surface area (Å²) in [5, 5.41) is 18.6. The molecule has 13 nitrogen and oxygen atoms in total. The number of carbonyl (C=O) groups is 7. The Hall–Kier alpha value is -4.00. The molecular weight excluding hydrogens is 510 g/mol. The smallest absolute Gasteiger partial charge is 0.305 e. The highest BCUT2D eigenvalue weighted by Gasteiger charge is 2.45. The van der Waals surface area contributed by atoms with Crippen LogP contribution in [0.25, 0.3) is 0 Å². The molecule has 0 saturated carbocycles. The Balaban J connectivity index is 1.80. The Bertz CT molecular complexity index is 1140. The van der Waals surface area contributed by atoms with Crippen molar-refractivity contribution in [2.45, 2.75) is 57.2 Å². The van der Waals surface area contributed by atoms with Gasteiger partial charge < -0.3 is 25.9 Å². The number of carboxylic acid groups (broad SMARTS) is 1. The number of hydrazine groups is 1. The van der Waals surface area contributed by atoms with E-state index >= 15 is 0 Å². The molecule has 37 heavy (non-hydrogen) atoms. The first-order chi connectivity index (χ1) is 17.5. The van der Waals surface area contributed by atoms with Crippen LogP contribution in [0.1, 0.15) is 49.4 Å². The zero-order chi connectivity index (χ0) is 27.3. The van der Waals surface area contributed by atoms with Crippen LogP contribution in [-0.2, 0) is 28.8 Å². The quantitative estimate of drug-likeness (QED) is 0.337. The first-order valence-corrected chi connectivity index (χ1v) is 11.9. The number of carboxylic acids is 1. The fraction of sp³-hybridized carbons (Fsp3) is 0.435. The lowest BCUT2D eigenvalue weighted by molar-refractivity contribution is -0.176. The first kappa shape index (κ1) is 27.6. The predicted molar refractivity (Wildman–Crippen MR) is 128 cm³/mol. The van der Waals surface area contributed by atoms with Crippen LogP contribution in [0.15, 0.2) is 18.2 Å². The second-order valence-electron chi connectivity index (χ2n) is 8.65. The van der Waals surface area contributed by atoms with Crippen molar-refractivity contribution in [1.29, 1.82) is 0 Å². The maximum Gasteiger partial charge on any atom is 0.305 e. The van der Waals surface area contributed by atoms with Crippen molar-refractivity contribution in [3.63, 3.8) is 0 Å². The van der Waals surface area contributed by atoms with Gasteiger partial charge in [-0.05, 0) is 37.5 Å². The van der Waals surface area contributed by atoms with E-state index in [9.17, 15) is 33.6 Å². The third-order valence-electron chi connectivity index (χ3n) is 5.90. The molecule has 0 spiro atoms. The number of aliphatic carboxylic acids is 1. The van der Waals surface area contributed by atoms with Gasteiger partial charge in [0.2, 0.25) is 17.7 Å². The molecule has 0 bridgehead atoms. The molecule has 1 unspecified atom stereocenters. The van der Waals surface area contributed by atoms with Crippen LogP contribution in [-0.4, -0.2) is 81.6 Å².